The van der Waals surface area contributed by atoms with Crippen LogP contribution in [0.4, 0.5) is 0 Å². The summed E-state index contributed by atoms with van der Waals surface area (Å²) in [6, 6.07) is 14.5. The lowest BCUT2D eigenvalue weighted by molar-refractivity contribution is -0.133. The van der Waals surface area contributed by atoms with Crippen LogP contribution in [0.5, 0.6) is 5.75 Å². The maximum atomic E-state index is 13.7. The molecule has 188 valence electrons. The Hall–Kier alpha value is -3.15. The highest BCUT2D eigenvalue weighted by Gasteiger charge is 2.26. The van der Waals surface area contributed by atoms with Crippen molar-refractivity contribution in [3.63, 3.8) is 0 Å². The van der Waals surface area contributed by atoms with Crippen molar-refractivity contribution in [3.8, 4) is 11.4 Å². The quantitative estimate of drug-likeness (QED) is 0.287. The van der Waals surface area contributed by atoms with E-state index in [9.17, 15) is 9.59 Å². The van der Waals surface area contributed by atoms with Crippen LogP contribution in [0, 0.1) is 5.92 Å². The standard InChI is InChI=1S/C29H39N3O3/c1-6-8-9-14-27(33)31(20-19-21(3)4)22(5)28-30-26-13-11-10-12-25(26)29(34)32(28)23-15-17-24(18-16-23)35-7-2/h10-13,15-18,21-22H,6-9,14,19-20H2,1-5H3. The number of rotatable bonds is 12. The Kier molecular flexibility index (Phi) is 9.47. The molecule has 0 radical (unpaired) electrons. The number of hydrogen-bond donors (Lipinski definition) is 0. The van der Waals surface area contributed by atoms with Crippen molar-refractivity contribution in [2.75, 3.05) is 13.2 Å². The Morgan fingerprint density at radius 1 is 1.03 bits per heavy atom. The number of ether oxygens (including phenoxy) is 1. The summed E-state index contributed by atoms with van der Waals surface area (Å²) >= 11 is 0. The minimum absolute atomic E-state index is 0.118. The predicted octanol–water partition coefficient (Wildman–Crippen LogP) is 6.30. The first-order chi connectivity index (χ1) is 16.9. The molecule has 6 nitrogen and oxygen atoms in total. The third kappa shape index (κ3) is 6.50. The summed E-state index contributed by atoms with van der Waals surface area (Å²) in [6.07, 6.45) is 4.38. The third-order valence-electron chi connectivity index (χ3n) is 6.31. The van der Waals surface area contributed by atoms with Crippen LogP contribution in [0.1, 0.15) is 78.6 Å². The van der Waals surface area contributed by atoms with Gasteiger partial charge in [-0.2, -0.15) is 0 Å². The molecule has 0 aliphatic rings. The number of benzene rings is 2. The van der Waals surface area contributed by atoms with E-state index in [0.29, 0.717) is 47.9 Å². The van der Waals surface area contributed by atoms with Gasteiger partial charge in [0, 0.05) is 13.0 Å². The van der Waals surface area contributed by atoms with Crippen molar-refractivity contribution in [3.05, 3.63) is 64.7 Å². The van der Waals surface area contributed by atoms with Crippen LogP contribution in [0.25, 0.3) is 16.6 Å². The molecule has 0 saturated carbocycles. The molecule has 0 bridgehead atoms. The number of para-hydroxylation sites is 1. The van der Waals surface area contributed by atoms with Gasteiger partial charge in [0.25, 0.3) is 5.56 Å². The van der Waals surface area contributed by atoms with E-state index >= 15 is 0 Å². The maximum Gasteiger partial charge on any atom is 0.266 e. The third-order valence-corrected chi connectivity index (χ3v) is 6.31. The molecule has 3 aromatic rings. The van der Waals surface area contributed by atoms with Gasteiger partial charge in [0.2, 0.25) is 5.91 Å². The summed E-state index contributed by atoms with van der Waals surface area (Å²) in [6.45, 7) is 11.6. The fraction of sp³-hybridized carbons (Fsp3) is 0.483. The average molecular weight is 478 g/mol. The predicted molar refractivity (Wildman–Crippen MR) is 142 cm³/mol. The van der Waals surface area contributed by atoms with E-state index < -0.39 is 0 Å². The van der Waals surface area contributed by atoms with Crippen molar-refractivity contribution in [1.82, 2.24) is 14.5 Å². The fourth-order valence-corrected chi connectivity index (χ4v) is 4.28. The van der Waals surface area contributed by atoms with Crippen LogP contribution >= 0.6 is 0 Å². The molecular formula is C29H39N3O3. The van der Waals surface area contributed by atoms with Crippen molar-refractivity contribution < 1.29 is 9.53 Å². The van der Waals surface area contributed by atoms with E-state index in [-0.39, 0.29) is 17.5 Å². The van der Waals surface area contributed by atoms with Crippen molar-refractivity contribution in [1.29, 1.82) is 0 Å². The minimum atomic E-state index is -0.355. The molecule has 35 heavy (non-hydrogen) atoms. The van der Waals surface area contributed by atoms with Gasteiger partial charge in [-0.25, -0.2) is 4.98 Å². The molecular weight excluding hydrogens is 438 g/mol. The largest absolute Gasteiger partial charge is 0.494 e. The van der Waals surface area contributed by atoms with Gasteiger partial charge in [-0.15, -0.1) is 0 Å². The molecule has 1 amide bonds. The Morgan fingerprint density at radius 3 is 2.40 bits per heavy atom. The fourth-order valence-electron chi connectivity index (χ4n) is 4.28. The lowest BCUT2D eigenvalue weighted by Gasteiger charge is -2.31. The number of hydrogen-bond acceptors (Lipinski definition) is 4. The topological polar surface area (TPSA) is 64.4 Å². The van der Waals surface area contributed by atoms with Gasteiger partial charge in [0.15, 0.2) is 0 Å². The van der Waals surface area contributed by atoms with Gasteiger partial charge < -0.3 is 9.64 Å². The van der Waals surface area contributed by atoms with Crippen molar-refractivity contribution >= 4 is 16.8 Å². The summed E-state index contributed by atoms with van der Waals surface area (Å²) in [5.41, 5.74) is 1.22. The highest BCUT2D eigenvalue weighted by atomic mass is 16.5. The van der Waals surface area contributed by atoms with E-state index in [2.05, 4.69) is 20.8 Å². The molecule has 0 N–H and O–H groups in total. The molecule has 1 atom stereocenters. The minimum Gasteiger partial charge on any atom is -0.494 e. The first kappa shape index (κ1) is 26.5. The molecule has 2 aromatic carbocycles. The summed E-state index contributed by atoms with van der Waals surface area (Å²) < 4.78 is 7.25. The molecule has 3 rings (SSSR count). The summed E-state index contributed by atoms with van der Waals surface area (Å²) in [7, 11) is 0. The molecule has 1 unspecified atom stereocenters. The van der Waals surface area contributed by atoms with Gasteiger partial charge >= 0.3 is 0 Å². The number of amides is 1. The zero-order valence-corrected chi connectivity index (χ0v) is 21.8. The maximum absolute atomic E-state index is 13.7. The van der Waals surface area contributed by atoms with E-state index in [1.807, 2.05) is 61.2 Å². The van der Waals surface area contributed by atoms with E-state index in [0.717, 1.165) is 31.4 Å². The number of carbonyl (C=O) groups excluding carboxylic acids is 1. The Labute approximate surface area is 208 Å². The van der Waals surface area contributed by atoms with Crippen molar-refractivity contribution in [2.45, 2.75) is 72.8 Å². The second kappa shape index (κ2) is 12.5. The zero-order valence-electron chi connectivity index (χ0n) is 21.8. The van der Waals surface area contributed by atoms with Gasteiger partial charge in [0.05, 0.1) is 29.2 Å². The van der Waals surface area contributed by atoms with Crippen LogP contribution in [-0.4, -0.2) is 33.5 Å². The van der Waals surface area contributed by atoms with E-state index in [4.69, 9.17) is 9.72 Å². The summed E-state index contributed by atoms with van der Waals surface area (Å²) in [4.78, 5) is 33.9. The van der Waals surface area contributed by atoms with Crippen molar-refractivity contribution in [2.24, 2.45) is 5.92 Å². The second-order valence-corrected chi connectivity index (χ2v) is 9.46. The van der Waals surface area contributed by atoms with Gasteiger partial charge in [-0.3, -0.25) is 14.2 Å². The van der Waals surface area contributed by atoms with Crippen LogP contribution < -0.4 is 10.3 Å². The van der Waals surface area contributed by atoms with Crippen LogP contribution in [-0.2, 0) is 4.79 Å². The molecule has 0 aliphatic carbocycles. The lowest BCUT2D eigenvalue weighted by atomic mass is 10.1. The normalized spacial score (nSPS) is 12.2. The number of fused-ring (bicyclic) bond motifs is 1. The Bertz CT molecular complexity index is 1170. The van der Waals surface area contributed by atoms with Gasteiger partial charge in [-0.05, 0) is 69.0 Å². The number of aromatic nitrogens is 2. The first-order valence-electron chi connectivity index (χ1n) is 12.9. The van der Waals surface area contributed by atoms with E-state index in [1.165, 1.54) is 0 Å². The van der Waals surface area contributed by atoms with Crippen LogP contribution in [0.3, 0.4) is 0 Å². The average Bonchev–Trinajstić information content (AvgIpc) is 2.85. The smallest absolute Gasteiger partial charge is 0.266 e. The first-order valence-corrected chi connectivity index (χ1v) is 12.9. The van der Waals surface area contributed by atoms with Gasteiger partial charge in [0.1, 0.15) is 11.6 Å². The molecule has 0 aliphatic heterocycles. The second-order valence-electron chi connectivity index (χ2n) is 9.46. The molecule has 0 spiro atoms. The zero-order chi connectivity index (χ0) is 25.4. The Balaban J connectivity index is 2.12. The molecule has 6 heteroatoms. The lowest BCUT2D eigenvalue weighted by Crippen LogP contribution is -2.38. The number of unbranched alkanes of at least 4 members (excludes halogenated alkanes) is 2. The molecule has 0 fully saturated rings. The van der Waals surface area contributed by atoms with Gasteiger partial charge in [-0.1, -0.05) is 45.7 Å². The number of carbonyl (C=O) groups is 1. The van der Waals surface area contributed by atoms with Crippen LogP contribution in [0.15, 0.2) is 53.3 Å². The SMILES string of the molecule is CCCCCC(=O)N(CCC(C)C)C(C)c1nc2ccccc2c(=O)n1-c1ccc(OCC)cc1. The molecule has 0 saturated heterocycles. The monoisotopic (exact) mass is 477 g/mol. The van der Waals surface area contributed by atoms with E-state index in [1.54, 1.807) is 10.6 Å². The van der Waals surface area contributed by atoms with Crippen LogP contribution in [0.2, 0.25) is 0 Å². The highest BCUT2D eigenvalue weighted by molar-refractivity contribution is 5.79. The highest BCUT2D eigenvalue weighted by Crippen LogP contribution is 2.26. The molecule has 1 aromatic heterocycles. The summed E-state index contributed by atoms with van der Waals surface area (Å²) in [5, 5.41) is 0.556. The molecule has 1 heterocycles. The number of nitrogens with zero attached hydrogens (tertiary/aromatic N) is 3. The Morgan fingerprint density at radius 2 is 1.74 bits per heavy atom. The summed E-state index contributed by atoms with van der Waals surface area (Å²) in [5.74, 6) is 1.90.